The smallest absolute Gasteiger partial charge is 0.328 e. The first-order chi connectivity index (χ1) is 16.2. The standard InChI is InChI=1S/C23H34N4O5S2/c1-14(2)20(22(30)32-3)26-21(29)18-12-16(24-19(28)13-33-4)9-10-27(18)23(31)25-15-7-6-8-17(11-15)34-5/h6-8,11,14,16,18,20H,9-10,12-13H2,1-5H3,(H,24,28)(H,25,31)(H,26,29). The van der Waals surface area contributed by atoms with Gasteiger partial charge in [0.15, 0.2) is 0 Å². The van der Waals surface area contributed by atoms with Gasteiger partial charge >= 0.3 is 12.0 Å². The SMILES string of the molecule is COC(=O)C(NC(=O)C1CC(NC(=O)CSC)CCN1C(=O)Nc1cccc(SC)c1)C(C)C. The molecule has 3 N–H and O–H groups in total. The average Bonchev–Trinajstić information content (AvgIpc) is 2.81. The lowest BCUT2D eigenvalue weighted by Gasteiger charge is -2.39. The molecule has 0 radical (unpaired) electrons. The maximum absolute atomic E-state index is 13.3. The molecule has 34 heavy (non-hydrogen) atoms. The zero-order valence-corrected chi connectivity index (χ0v) is 21.9. The zero-order chi connectivity index (χ0) is 25.3. The average molecular weight is 511 g/mol. The molecule has 0 aromatic heterocycles. The zero-order valence-electron chi connectivity index (χ0n) is 20.3. The van der Waals surface area contributed by atoms with Crippen LogP contribution in [0, 0.1) is 5.92 Å². The second-order valence-corrected chi connectivity index (χ2v) is 10.1. The third-order valence-electron chi connectivity index (χ3n) is 5.55. The van der Waals surface area contributed by atoms with Gasteiger partial charge in [0.25, 0.3) is 0 Å². The van der Waals surface area contributed by atoms with Crippen LogP contribution in [-0.4, -0.2) is 78.8 Å². The minimum absolute atomic E-state index is 0.113. The molecule has 1 fully saturated rings. The van der Waals surface area contributed by atoms with E-state index >= 15 is 0 Å². The van der Waals surface area contributed by atoms with Crippen molar-refractivity contribution in [2.24, 2.45) is 5.92 Å². The molecule has 1 aliphatic heterocycles. The maximum atomic E-state index is 13.3. The maximum Gasteiger partial charge on any atom is 0.328 e. The Hall–Kier alpha value is -2.40. The predicted octanol–water partition coefficient (Wildman–Crippen LogP) is 2.57. The van der Waals surface area contributed by atoms with Gasteiger partial charge < -0.3 is 25.6 Å². The van der Waals surface area contributed by atoms with Crippen molar-refractivity contribution in [1.29, 1.82) is 0 Å². The number of rotatable bonds is 9. The number of nitrogens with one attached hydrogen (secondary N) is 3. The molecule has 1 aliphatic rings. The van der Waals surface area contributed by atoms with Crippen molar-refractivity contribution < 1.29 is 23.9 Å². The van der Waals surface area contributed by atoms with E-state index in [1.165, 1.54) is 23.8 Å². The molecule has 1 aromatic rings. The van der Waals surface area contributed by atoms with Crippen LogP contribution in [-0.2, 0) is 19.1 Å². The van der Waals surface area contributed by atoms with Crippen LogP contribution >= 0.6 is 23.5 Å². The highest BCUT2D eigenvalue weighted by Crippen LogP contribution is 2.23. The topological polar surface area (TPSA) is 117 Å². The van der Waals surface area contributed by atoms with E-state index in [1.807, 2.05) is 30.7 Å². The van der Waals surface area contributed by atoms with Gasteiger partial charge in [0, 0.05) is 23.2 Å². The first-order valence-electron chi connectivity index (χ1n) is 11.1. The van der Waals surface area contributed by atoms with Gasteiger partial charge in [-0.25, -0.2) is 9.59 Å². The quantitative estimate of drug-likeness (QED) is 0.345. The van der Waals surface area contributed by atoms with Crippen LogP contribution in [0.2, 0.25) is 0 Å². The van der Waals surface area contributed by atoms with E-state index in [-0.39, 0.29) is 30.8 Å². The Kier molecular flexibility index (Phi) is 11.0. The number of anilines is 1. The van der Waals surface area contributed by atoms with Gasteiger partial charge in [-0.1, -0.05) is 19.9 Å². The number of benzene rings is 1. The van der Waals surface area contributed by atoms with Gasteiger partial charge in [-0.3, -0.25) is 9.59 Å². The molecule has 188 valence electrons. The van der Waals surface area contributed by atoms with E-state index in [1.54, 1.807) is 31.7 Å². The molecule has 1 heterocycles. The van der Waals surface area contributed by atoms with Gasteiger partial charge in [0.05, 0.1) is 12.9 Å². The Morgan fingerprint density at radius 2 is 1.94 bits per heavy atom. The molecule has 0 saturated carbocycles. The summed E-state index contributed by atoms with van der Waals surface area (Å²) in [7, 11) is 1.27. The summed E-state index contributed by atoms with van der Waals surface area (Å²) >= 11 is 2.97. The van der Waals surface area contributed by atoms with Gasteiger partial charge in [-0.2, -0.15) is 11.8 Å². The summed E-state index contributed by atoms with van der Waals surface area (Å²) in [5.74, 6) is -0.998. The highest BCUT2D eigenvalue weighted by molar-refractivity contribution is 7.99. The third-order valence-corrected chi connectivity index (χ3v) is 6.82. The summed E-state index contributed by atoms with van der Waals surface area (Å²) in [6.45, 7) is 3.88. The van der Waals surface area contributed by atoms with Gasteiger partial charge in [0.2, 0.25) is 11.8 Å². The summed E-state index contributed by atoms with van der Waals surface area (Å²) in [6, 6.07) is 5.07. The predicted molar refractivity (Wildman–Crippen MR) is 136 cm³/mol. The van der Waals surface area contributed by atoms with E-state index in [2.05, 4.69) is 16.0 Å². The number of carbonyl (C=O) groups is 4. The Labute approximate surface area is 209 Å². The molecule has 0 bridgehead atoms. The van der Waals surface area contributed by atoms with E-state index in [0.29, 0.717) is 17.9 Å². The fourth-order valence-corrected chi connectivity index (χ4v) is 4.56. The highest BCUT2D eigenvalue weighted by atomic mass is 32.2. The van der Waals surface area contributed by atoms with Crippen LogP contribution in [0.15, 0.2) is 29.2 Å². The van der Waals surface area contributed by atoms with Crippen LogP contribution in [0.25, 0.3) is 0 Å². The molecular formula is C23H34N4O5S2. The van der Waals surface area contributed by atoms with Crippen molar-refractivity contribution in [2.45, 2.75) is 49.7 Å². The van der Waals surface area contributed by atoms with Crippen LogP contribution in [0.5, 0.6) is 0 Å². The number of ether oxygens (including phenoxy) is 1. The summed E-state index contributed by atoms with van der Waals surface area (Å²) in [5.41, 5.74) is 0.626. The lowest BCUT2D eigenvalue weighted by molar-refractivity contribution is -0.147. The molecule has 1 aromatic carbocycles. The number of methoxy groups -OCH3 is 1. The minimum Gasteiger partial charge on any atom is -0.467 e. The van der Waals surface area contributed by atoms with Crippen LogP contribution in [0.1, 0.15) is 26.7 Å². The number of esters is 1. The number of urea groups is 1. The third kappa shape index (κ3) is 7.83. The number of hydrogen-bond donors (Lipinski definition) is 3. The largest absolute Gasteiger partial charge is 0.467 e. The number of hydrogen-bond acceptors (Lipinski definition) is 7. The molecule has 4 amide bonds. The van der Waals surface area contributed by atoms with E-state index < -0.39 is 30.0 Å². The van der Waals surface area contributed by atoms with Crippen LogP contribution in [0.4, 0.5) is 10.5 Å². The Morgan fingerprint density at radius 3 is 2.56 bits per heavy atom. The van der Waals surface area contributed by atoms with Crippen molar-refractivity contribution in [3.05, 3.63) is 24.3 Å². The van der Waals surface area contributed by atoms with E-state index in [9.17, 15) is 19.2 Å². The van der Waals surface area contributed by atoms with Crippen LogP contribution < -0.4 is 16.0 Å². The van der Waals surface area contributed by atoms with Crippen molar-refractivity contribution in [1.82, 2.24) is 15.5 Å². The van der Waals surface area contributed by atoms with Crippen molar-refractivity contribution in [2.75, 3.05) is 37.2 Å². The Bertz CT molecular complexity index is 883. The molecule has 0 aliphatic carbocycles. The number of piperidine rings is 1. The Balaban J connectivity index is 2.22. The second kappa shape index (κ2) is 13.5. The second-order valence-electron chi connectivity index (χ2n) is 8.35. The van der Waals surface area contributed by atoms with Crippen molar-refractivity contribution >= 4 is 53.0 Å². The molecule has 3 unspecified atom stereocenters. The number of thioether (sulfide) groups is 2. The van der Waals surface area contributed by atoms with Gasteiger partial charge in [-0.15, -0.1) is 11.8 Å². The summed E-state index contributed by atoms with van der Waals surface area (Å²) in [6.07, 6.45) is 4.56. The number of carbonyl (C=O) groups excluding carboxylic acids is 4. The lowest BCUT2D eigenvalue weighted by Crippen LogP contribution is -2.60. The Morgan fingerprint density at radius 1 is 1.21 bits per heavy atom. The normalized spacial score (nSPS) is 18.7. The lowest BCUT2D eigenvalue weighted by atomic mass is 9.95. The number of likely N-dealkylation sites (tertiary alicyclic amines) is 1. The van der Waals surface area contributed by atoms with Crippen molar-refractivity contribution in [3.8, 4) is 0 Å². The fraction of sp³-hybridized carbons (Fsp3) is 0.565. The van der Waals surface area contributed by atoms with Gasteiger partial charge in [0.1, 0.15) is 12.1 Å². The molecule has 3 atom stereocenters. The van der Waals surface area contributed by atoms with E-state index in [0.717, 1.165) is 4.90 Å². The molecule has 2 rings (SSSR count). The fourth-order valence-electron chi connectivity index (χ4n) is 3.76. The van der Waals surface area contributed by atoms with Crippen LogP contribution in [0.3, 0.4) is 0 Å². The first-order valence-corrected chi connectivity index (χ1v) is 13.7. The summed E-state index contributed by atoms with van der Waals surface area (Å²) < 4.78 is 4.83. The van der Waals surface area contributed by atoms with Crippen molar-refractivity contribution in [3.63, 3.8) is 0 Å². The summed E-state index contributed by atoms with van der Waals surface area (Å²) in [5, 5.41) is 8.56. The molecule has 9 nitrogen and oxygen atoms in total. The van der Waals surface area contributed by atoms with E-state index in [4.69, 9.17) is 4.74 Å². The molecule has 0 spiro atoms. The minimum atomic E-state index is -0.858. The number of nitrogens with zero attached hydrogens (tertiary/aromatic N) is 1. The molecule has 11 heteroatoms. The van der Waals surface area contributed by atoms with Gasteiger partial charge in [-0.05, 0) is 49.5 Å². The monoisotopic (exact) mass is 510 g/mol. The highest BCUT2D eigenvalue weighted by Gasteiger charge is 2.39. The molecule has 1 saturated heterocycles. The molecular weight excluding hydrogens is 476 g/mol. The first kappa shape index (κ1) is 27.8. The summed E-state index contributed by atoms with van der Waals surface area (Å²) in [4.78, 5) is 53.2. The number of amides is 4.